The van der Waals surface area contributed by atoms with Crippen LogP contribution in [0.5, 0.6) is 0 Å². The van der Waals surface area contributed by atoms with Gasteiger partial charge in [-0.3, -0.25) is 0 Å². The van der Waals surface area contributed by atoms with Crippen molar-refractivity contribution >= 4 is 11.6 Å². The van der Waals surface area contributed by atoms with Crippen LogP contribution in [0.4, 0.5) is 0 Å². The Bertz CT molecular complexity index is 803. The van der Waals surface area contributed by atoms with Crippen LogP contribution in [0.25, 0.3) is 22.8 Å². The van der Waals surface area contributed by atoms with Gasteiger partial charge in [0.15, 0.2) is 0 Å². The molecule has 0 aliphatic carbocycles. The summed E-state index contributed by atoms with van der Waals surface area (Å²) in [5.41, 5.74) is 9.59. The first-order valence-corrected chi connectivity index (χ1v) is 8.03. The first-order valence-electron chi connectivity index (χ1n) is 8.03. The van der Waals surface area contributed by atoms with E-state index in [0.29, 0.717) is 0 Å². The topological polar surface area (TPSA) is 0 Å². The summed E-state index contributed by atoms with van der Waals surface area (Å²) in [5, 5.41) is 0. The molecule has 0 spiro atoms. The predicted octanol–water partition coefficient (Wildman–Crippen LogP) is 6.46. The SMILES string of the molecule is CCC(=C=Cc1ccc(-c2ccccc2)cc1)c1ccccc1. The Morgan fingerprint density at radius 3 is 1.91 bits per heavy atom. The Morgan fingerprint density at radius 1 is 0.739 bits per heavy atom. The molecule has 0 N–H and O–H groups in total. The van der Waals surface area contributed by atoms with E-state index in [0.717, 1.165) is 6.42 Å². The standard InChI is InChI=1S/C23H20/c1-2-20(21-9-5-3-6-10-21)16-13-19-14-17-23(18-15-19)22-11-7-4-8-12-22/h3-15,17-18H,2H2,1H3. The van der Waals surface area contributed by atoms with Gasteiger partial charge in [-0.25, -0.2) is 0 Å². The largest absolute Gasteiger partial charge is 0.116 e. The Kier molecular flexibility index (Phi) is 4.88. The van der Waals surface area contributed by atoms with Gasteiger partial charge in [0.2, 0.25) is 0 Å². The van der Waals surface area contributed by atoms with Gasteiger partial charge in [0.05, 0.1) is 0 Å². The number of allylic oxidation sites excluding steroid dienone is 1. The maximum Gasteiger partial charge on any atom is 0.000951 e. The van der Waals surface area contributed by atoms with Crippen molar-refractivity contribution in [3.8, 4) is 11.1 Å². The van der Waals surface area contributed by atoms with Crippen LogP contribution in [0.1, 0.15) is 24.5 Å². The first kappa shape index (κ1) is 15.1. The summed E-state index contributed by atoms with van der Waals surface area (Å²) in [6, 6.07) is 29.5. The summed E-state index contributed by atoms with van der Waals surface area (Å²) in [4.78, 5) is 0. The van der Waals surface area contributed by atoms with Crippen molar-refractivity contribution in [1.82, 2.24) is 0 Å². The van der Waals surface area contributed by atoms with Gasteiger partial charge in [-0.05, 0) is 34.8 Å². The van der Waals surface area contributed by atoms with E-state index in [9.17, 15) is 0 Å². The Labute approximate surface area is 138 Å². The minimum atomic E-state index is 0.975. The zero-order valence-electron chi connectivity index (χ0n) is 13.4. The fourth-order valence-corrected chi connectivity index (χ4v) is 2.60. The summed E-state index contributed by atoms with van der Waals surface area (Å²) < 4.78 is 0. The van der Waals surface area contributed by atoms with Crippen LogP contribution in [-0.4, -0.2) is 0 Å². The highest BCUT2D eigenvalue weighted by Crippen LogP contribution is 2.20. The van der Waals surface area contributed by atoms with E-state index < -0.39 is 0 Å². The first-order chi connectivity index (χ1) is 11.4. The van der Waals surface area contributed by atoms with Crippen LogP contribution >= 0.6 is 0 Å². The molecule has 0 bridgehead atoms. The molecular weight excluding hydrogens is 276 g/mol. The van der Waals surface area contributed by atoms with Gasteiger partial charge in [0.25, 0.3) is 0 Å². The van der Waals surface area contributed by atoms with Crippen LogP contribution in [0.3, 0.4) is 0 Å². The number of hydrogen-bond acceptors (Lipinski definition) is 0. The Balaban J connectivity index is 1.86. The zero-order chi connectivity index (χ0) is 15.9. The molecule has 0 amide bonds. The fraction of sp³-hybridized carbons (Fsp3) is 0.0870. The molecule has 0 atom stereocenters. The molecule has 0 nitrogen and oxygen atoms in total. The average Bonchev–Trinajstić information content (AvgIpc) is 2.64. The van der Waals surface area contributed by atoms with Crippen LogP contribution < -0.4 is 0 Å². The third-order valence-electron chi connectivity index (χ3n) is 3.91. The summed E-state index contributed by atoms with van der Waals surface area (Å²) >= 11 is 0. The van der Waals surface area contributed by atoms with Crippen molar-refractivity contribution in [1.29, 1.82) is 0 Å². The Hall–Kier alpha value is -2.82. The molecule has 0 unspecified atom stereocenters. The van der Waals surface area contributed by atoms with Gasteiger partial charge in [0.1, 0.15) is 0 Å². The summed E-state index contributed by atoms with van der Waals surface area (Å²) in [7, 11) is 0. The Morgan fingerprint density at radius 2 is 1.30 bits per heavy atom. The lowest BCUT2D eigenvalue weighted by atomic mass is 10.0. The molecule has 3 aromatic rings. The number of benzene rings is 3. The normalized spacial score (nSPS) is 9.96. The number of rotatable bonds is 4. The second-order valence-corrected chi connectivity index (χ2v) is 5.47. The average molecular weight is 296 g/mol. The van der Waals surface area contributed by atoms with E-state index in [2.05, 4.69) is 91.5 Å². The van der Waals surface area contributed by atoms with E-state index in [4.69, 9.17) is 0 Å². The van der Waals surface area contributed by atoms with E-state index in [1.54, 1.807) is 0 Å². The maximum absolute atomic E-state index is 3.45. The lowest BCUT2D eigenvalue weighted by Gasteiger charge is -2.02. The maximum atomic E-state index is 3.45. The van der Waals surface area contributed by atoms with Crippen LogP contribution in [0, 0.1) is 0 Å². The van der Waals surface area contributed by atoms with Gasteiger partial charge in [0, 0.05) is 5.57 Å². The molecule has 0 aromatic heterocycles. The molecule has 3 aromatic carbocycles. The second-order valence-electron chi connectivity index (χ2n) is 5.47. The van der Waals surface area contributed by atoms with Crippen LogP contribution in [0.2, 0.25) is 0 Å². The molecule has 0 heterocycles. The molecule has 112 valence electrons. The van der Waals surface area contributed by atoms with Crippen LogP contribution in [-0.2, 0) is 0 Å². The monoisotopic (exact) mass is 296 g/mol. The third kappa shape index (κ3) is 3.88. The predicted molar refractivity (Wildman–Crippen MR) is 100.0 cm³/mol. The summed E-state index contributed by atoms with van der Waals surface area (Å²) in [5.74, 6) is 0. The van der Waals surface area contributed by atoms with Gasteiger partial charge in [-0.1, -0.05) is 91.9 Å². The molecule has 0 radical (unpaired) electrons. The van der Waals surface area contributed by atoms with Crippen LogP contribution in [0.15, 0.2) is 90.7 Å². The second kappa shape index (κ2) is 7.45. The quantitative estimate of drug-likeness (QED) is 0.485. The molecule has 0 saturated heterocycles. The molecule has 0 aliphatic heterocycles. The smallest absolute Gasteiger partial charge is 0.000951 e. The minimum absolute atomic E-state index is 0.975. The van der Waals surface area contributed by atoms with Crippen molar-refractivity contribution < 1.29 is 0 Å². The van der Waals surface area contributed by atoms with Gasteiger partial charge < -0.3 is 0 Å². The molecule has 3 rings (SSSR count). The lowest BCUT2D eigenvalue weighted by molar-refractivity contribution is 1.24. The van der Waals surface area contributed by atoms with Crippen molar-refractivity contribution in [2.45, 2.75) is 13.3 Å². The number of hydrogen-bond donors (Lipinski definition) is 0. The van der Waals surface area contributed by atoms with Crippen molar-refractivity contribution in [3.05, 3.63) is 102 Å². The molecule has 0 aliphatic rings. The fourth-order valence-electron chi connectivity index (χ4n) is 2.60. The third-order valence-corrected chi connectivity index (χ3v) is 3.91. The highest BCUT2D eigenvalue weighted by molar-refractivity contribution is 5.70. The van der Waals surface area contributed by atoms with Crippen molar-refractivity contribution in [2.24, 2.45) is 0 Å². The molecule has 0 heteroatoms. The highest BCUT2D eigenvalue weighted by atomic mass is 14.0. The van der Waals surface area contributed by atoms with E-state index in [-0.39, 0.29) is 0 Å². The molecular formula is C23H20. The highest BCUT2D eigenvalue weighted by Gasteiger charge is 1.97. The molecule has 23 heavy (non-hydrogen) atoms. The zero-order valence-corrected chi connectivity index (χ0v) is 13.4. The van der Waals surface area contributed by atoms with Gasteiger partial charge in [-0.15, -0.1) is 5.73 Å². The molecule has 0 saturated carbocycles. The molecule has 0 fully saturated rings. The van der Waals surface area contributed by atoms with E-state index in [1.165, 1.54) is 27.8 Å². The minimum Gasteiger partial charge on any atom is -0.116 e. The summed E-state index contributed by atoms with van der Waals surface area (Å²) in [6.45, 7) is 2.17. The van der Waals surface area contributed by atoms with Gasteiger partial charge >= 0.3 is 0 Å². The van der Waals surface area contributed by atoms with E-state index >= 15 is 0 Å². The van der Waals surface area contributed by atoms with Crippen molar-refractivity contribution in [2.75, 3.05) is 0 Å². The van der Waals surface area contributed by atoms with Gasteiger partial charge in [-0.2, -0.15) is 0 Å². The summed E-state index contributed by atoms with van der Waals surface area (Å²) in [6.07, 6.45) is 3.04. The van der Waals surface area contributed by atoms with E-state index in [1.807, 2.05) is 12.1 Å². The van der Waals surface area contributed by atoms with Crippen molar-refractivity contribution in [3.63, 3.8) is 0 Å². The lowest BCUT2D eigenvalue weighted by Crippen LogP contribution is -1.80.